The zero-order valence-corrected chi connectivity index (χ0v) is 14.4. The molecule has 2 rings (SSSR count). The third-order valence-corrected chi connectivity index (χ3v) is 4.45. The van der Waals surface area contributed by atoms with Crippen molar-refractivity contribution in [3.8, 4) is 0 Å². The van der Waals surface area contributed by atoms with E-state index in [1.54, 1.807) is 13.2 Å². The molecule has 1 aliphatic heterocycles. The van der Waals surface area contributed by atoms with Crippen LogP contribution in [0.2, 0.25) is 0 Å². The van der Waals surface area contributed by atoms with E-state index < -0.39 is 10.5 Å². The van der Waals surface area contributed by atoms with Gasteiger partial charge in [0.1, 0.15) is 5.60 Å². The average Bonchev–Trinajstić information content (AvgIpc) is 2.60. The molecule has 1 aliphatic rings. The van der Waals surface area contributed by atoms with Crippen LogP contribution < -0.4 is 0 Å². The van der Waals surface area contributed by atoms with Gasteiger partial charge in [-0.15, -0.1) is 0 Å². The van der Waals surface area contributed by atoms with E-state index in [9.17, 15) is 14.9 Å². The second kappa shape index (κ2) is 7.57. The SMILES string of the molecule is COC(C)(C)/C(=C/C(=O)c1ccc([N+](=O)[O-])cc1)N1CCCCC1. The molecule has 0 spiro atoms. The first-order chi connectivity index (χ1) is 11.3. The number of ether oxygens (including phenoxy) is 1. The summed E-state index contributed by atoms with van der Waals surface area (Å²) in [5.41, 5.74) is 0.687. The molecular formula is C18H24N2O4. The number of benzene rings is 1. The first-order valence-corrected chi connectivity index (χ1v) is 8.16. The summed E-state index contributed by atoms with van der Waals surface area (Å²) in [6, 6.07) is 5.68. The summed E-state index contributed by atoms with van der Waals surface area (Å²) in [7, 11) is 1.63. The fraction of sp³-hybridized carbons (Fsp3) is 0.500. The Morgan fingerprint density at radius 2 is 1.79 bits per heavy atom. The molecule has 0 bridgehead atoms. The summed E-state index contributed by atoms with van der Waals surface area (Å²) >= 11 is 0. The van der Waals surface area contributed by atoms with Gasteiger partial charge in [0.25, 0.3) is 5.69 Å². The number of hydrogen-bond acceptors (Lipinski definition) is 5. The van der Waals surface area contributed by atoms with Crippen LogP contribution in [0.15, 0.2) is 36.0 Å². The minimum Gasteiger partial charge on any atom is -0.373 e. The maximum Gasteiger partial charge on any atom is 0.269 e. The van der Waals surface area contributed by atoms with Gasteiger partial charge in [-0.05, 0) is 45.2 Å². The smallest absolute Gasteiger partial charge is 0.269 e. The number of carbonyl (C=O) groups excluding carboxylic acids is 1. The average molecular weight is 332 g/mol. The van der Waals surface area contributed by atoms with Crippen molar-refractivity contribution in [3.63, 3.8) is 0 Å². The van der Waals surface area contributed by atoms with Crippen molar-refractivity contribution in [2.45, 2.75) is 38.7 Å². The molecule has 24 heavy (non-hydrogen) atoms. The van der Waals surface area contributed by atoms with Crippen LogP contribution in [0.4, 0.5) is 5.69 Å². The van der Waals surface area contributed by atoms with E-state index in [0.29, 0.717) is 5.56 Å². The number of rotatable bonds is 6. The van der Waals surface area contributed by atoms with Gasteiger partial charge in [-0.1, -0.05) is 0 Å². The predicted octanol–water partition coefficient (Wildman–Crippen LogP) is 3.57. The molecule has 0 radical (unpaired) electrons. The summed E-state index contributed by atoms with van der Waals surface area (Å²) < 4.78 is 5.59. The highest BCUT2D eigenvalue weighted by Gasteiger charge is 2.29. The normalized spacial score (nSPS) is 16.1. The quantitative estimate of drug-likeness (QED) is 0.345. The van der Waals surface area contributed by atoms with Gasteiger partial charge in [0.15, 0.2) is 5.78 Å². The van der Waals surface area contributed by atoms with Crippen LogP contribution in [0, 0.1) is 10.1 Å². The molecule has 1 saturated heterocycles. The Balaban J connectivity index is 2.30. The number of non-ortho nitro benzene ring substituents is 1. The van der Waals surface area contributed by atoms with Gasteiger partial charge < -0.3 is 9.64 Å². The number of nitrogens with zero attached hydrogens (tertiary/aromatic N) is 2. The summed E-state index contributed by atoms with van der Waals surface area (Å²) in [5.74, 6) is -0.171. The Bertz CT molecular complexity index is 629. The Kier molecular flexibility index (Phi) is 5.72. The molecule has 0 saturated carbocycles. The number of ketones is 1. The number of carbonyl (C=O) groups is 1. The van der Waals surface area contributed by atoms with Crippen molar-refractivity contribution in [2.75, 3.05) is 20.2 Å². The number of hydrogen-bond donors (Lipinski definition) is 0. The van der Waals surface area contributed by atoms with Crippen LogP contribution in [0.1, 0.15) is 43.5 Å². The van der Waals surface area contributed by atoms with Crippen molar-refractivity contribution >= 4 is 11.5 Å². The topological polar surface area (TPSA) is 72.7 Å². The van der Waals surface area contributed by atoms with Gasteiger partial charge in [0.05, 0.1) is 4.92 Å². The van der Waals surface area contributed by atoms with E-state index in [0.717, 1.165) is 31.6 Å². The van der Waals surface area contributed by atoms with Crippen LogP contribution in [-0.4, -0.2) is 41.4 Å². The van der Waals surface area contributed by atoms with Gasteiger partial charge in [-0.25, -0.2) is 0 Å². The van der Waals surface area contributed by atoms with E-state index in [1.165, 1.54) is 30.7 Å². The summed E-state index contributed by atoms with van der Waals surface area (Å²) in [4.78, 5) is 25.1. The largest absolute Gasteiger partial charge is 0.373 e. The lowest BCUT2D eigenvalue weighted by Gasteiger charge is -2.38. The van der Waals surface area contributed by atoms with E-state index in [4.69, 9.17) is 4.74 Å². The Labute approximate surface area is 142 Å². The second-order valence-corrected chi connectivity index (χ2v) is 6.46. The predicted molar refractivity (Wildman–Crippen MR) is 92.0 cm³/mol. The van der Waals surface area contributed by atoms with E-state index >= 15 is 0 Å². The third-order valence-electron chi connectivity index (χ3n) is 4.45. The molecule has 0 aromatic heterocycles. The number of nitro benzene ring substituents is 1. The molecule has 1 aromatic rings. The molecule has 6 heteroatoms. The van der Waals surface area contributed by atoms with Crippen molar-refractivity contribution in [1.29, 1.82) is 0 Å². The molecule has 0 atom stereocenters. The van der Waals surface area contributed by atoms with Gasteiger partial charge >= 0.3 is 0 Å². The molecule has 6 nitrogen and oxygen atoms in total. The Morgan fingerprint density at radius 1 is 1.21 bits per heavy atom. The number of piperidine rings is 1. The molecule has 0 amide bonds. The highest BCUT2D eigenvalue weighted by Crippen LogP contribution is 2.27. The number of methoxy groups -OCH3 is 1. The second-order valence-electron chi connectivity index (χ2n) is 6.46. The van der Waals surface area contributed by atoms with E-state index in [2.05, 4.69) is 4.90 Å². The molecule has 130 valence electrons. The number of allylic oxidation sites excluding steroid dienone is 1. The Hall–Kier alpha value is -2.21. The molecule has 0 unspecified atom stereocenters. The number of nitro groups is 1. The monoisotopic (exact) mass is 332 g/mol. The molecular weight excluding hydrogens is 308 g/mol. The maximum absolute atomic E-state index is 12.6. The lowest BCUT2D eigenvalue weighted by atomic mass is 9.97. The molecule has 0 aliphatic carbocycles. The van der Waals surface area contributed by atoms with Crippen LogP contribution >= 0.6 is 0 Å². The van der Waals surface area contributed by atoms with Crippen molar-refractivity contribution in [1.82, 2.24) is 4.90 Å². The first-order valence-electron chi connectivity index (χ1n) is 8.16. The van der Waals surface area contributed by atoms with E-state index in [-0.39, 0.29) is 11.5 Å². The van der Waals surface area contributed by atoms with Crippen molar-refractivity contribution in [2.24, 2.45) is 0 Å². The fourth-order valence-electron chi connectivity index (χ4n) is 2.84. The summed E-state index contributed by atoms with van der Waals surface area (Å²) in [6.45, 7) is 5.70. The molecule has 1 fully saturated rings. The molecule has 0 N–H and O–H groups in total. The van der Waals surface area contributed by atoms with Crippen molar-refractivity contribution < 1.29 is 14.5 Å². The minimum atomic E-state index is -0.576. The number of likely N-dealkylation sites (tertiary alicyclic amines) is 1. The zero-order valence-electron chi connectivity index (χ0n) is 14.4. The molecule has 1 aromatic carbocycles. The van der Waals surface area contributed by atoms with Crippen molar-refractivity contribution in [3.05, 3.63) is 51.7 Å². The summed E-state index contributed by atoms with van der Waals surface area (Å²) in [6.07, 6.45) is 5.01. The molecule has 1 heterocycles. The highest BCUT2D eigenvalue weighted by atomic mass is 16.6. The van der Waals surface area contributed by atoms with Crippen LogP contribution in [0.3, 0.4) is 0 Å². The highest BCUT2D eigenvalue weighted by molar-refractivity contribution is 6.05. The lowest BCUT2D eigenvalue weighted by Crippen LogP contribution is -2.40. The first kappa shape index (κ1) is 18.1. The maximum atomic E-state index is 12.6. The lowest BCUT2D eigenvalue weighted by molar-refractivity contribution is -0.384. The third kappa shape index (κ3) is 4.20. The fourth-order valence-corrected chi connectivity index (χ4v) is 2.84. The minimum absolute atomic E-state index is 0.0241. The van der Waals surface area contributed by atoms with Gasteiger partial charge in [-0.2, -0.15) is 0 Å². The van der Waals surface area contributed by atoms with Crippen LogP contribution in [0.25, 0.3) is 0 Å². The zero-order chi connectivity index (χ0) is 17.7. The van der Waals surface area contributed by atoms with Crippen LogP contribution in [0.5, 0.6) is 0 Å². The standard InChI is InChI=1S/C18H24N2O4/c1-18(2,24-3)17(19-11-5-4-6-12-19)13-16(21)14-7-9-15(10-8-14)20(22)23/h7-10,13H,4-6,11-12H2,1-3H3/b17-13-. The van der Waals surface area contributed by atoms with Gasteiger partial charge in [0, 0.05) is 49.7 Å². The summed E-state index contributed by atoms with van der Waals surface area (Å²) in [5, 5.41) is 10.7. The van der Waals surface area contributed by atoms with Crippen LogP contribution in [-0.2, 0) is 4.74 Å². The van der Waals surface area contributed by atoms with Gasteiger partial charge in [-0.3, -0.25) is 14.9 Å². The Morgan fingerprint density at radius 3 is 2.29 bits per heavy atom. The van der Waals surface area contributed by atoms with Gasteiger partial charge in [0.2, 0.25) is 0 Å². The van der Waals surface area contributed by atoms with E-state index in [1.807, 2.05) is 13.8 Å².